The number of hydrogen-bond donors (Lipinski definition) is 2. The molecule has 2 N–H and O–H groups in total. The minimum atomic E-state index is -4.34. The minimum Gasteiger partial charge on any atom is -0.305 e. The Morgan fingerprint density at radius 1 is 1.12 bits per heavy atom. The molecule has 0 amide bonds. The first kappa shape index (κ1) is 12.8. The molecule has 0 aliphatic heterocycles. The fourth-order valence-corrected chi connectivity index (χ4v) is 0.887. The molecule has 3 nitrogen and oxygen atoms in total. The van der Waals surface area contributed by atoms with Crippen molar-refractivity contribution in [2.24, 2.45) is 0 Å². The van der Waals surface area contributed by atoms with Crippen LogP contribution >= 0.6 is 0 Å². The molecule has 0 fully saturated rings. The number of aromatic nitrogens is 1. The summed E-state index contributed by atoms with van der Waals surface area (Å²) in [6, 6.07) is 2.27. The molecule has 0 radical (unpaired) electrons. The van der Waals surface area contributed by atoms with Crippen LogP contribution in [0, 0.1) is 0 Å². The largest absolute Gasteiger partial charge is 0.417 e. The molecule has 1 rings (SSSR count). The number of nitrogens with zero attached hydrogens (tertiary/aromatic N) is 1. The quantitative estimate of drug-likeness (QED) is 0.771. The van der Waals surface area contributed by atoms with E-state index in [1.807, 2.05) is 20.8 Å². The number of rotatable bonds is 2. The van der Waals surface area contributed by atoms with Gasteiger partial charge in [-0.1, -0.05) is 0 Å². The van der Waals surface area contributed by atoms with Gasteiger partial charge in [0.15, 0.2) is 0 Å². The van der Waals surface area contributed by atoms with Gasteiger partial charge in [-0.15, -0.1) is 0 Å². The van der Waals surface area contributed by atoms with Crippen LogP contribution in [-0.4, -0.2) is 10.5 Å². The van der Waals surface area contributed by atoms with Crippen molar-refractivity contribution in [1.29, 1.82) is 0 Å². The molecule has 1 aromatic heterocycles. The van der Waals surface area contributed by atoms with Crippen LogP contribution in [0.3, 0.4) is 0 Å². The van der Waals surface area contributed by atoms with Crippen molar-refractivity contribution in [3.05, 3.63) is 23.9 Å². The Morgan fingerprint density at radius 3 is 2.12 bits per heavy atom. The monoisotopic (exact) mass is 233 g/mol. The van der Waals surface area contributed by atoms with E-state index in [9.17, 15) is 13.2 Å². The van der Waals surface area contributed by atoms with Gasteiger partial charge in [0, 0.05) is 11.7 Å². The summed E-state index contributed by atoms with van der Waals surface area (Å²) < 4.78 is 36.7. The van der Waals surface area contributed by atoms with Gasteiger partial charge in [-0.05, 0) is 32.9 Å². The van der Waals surface area contributed by atoms with E-state index >= 15 is 0 Å². The van der Waals surface area contributed by atoms with Gasteiger partial charge in [0.2, 0.25) is 0 Å². The molecule has 16 heavy (non-hydrogen) atoms. The lowest BCUT2D eigenvalue weighted by atomic mass is 10.1. The van der Waals surface area contributed by atoms with E-state index in [0.29, 0.717) is 5.82 Å². The molecule has 6 heteroatoms. The smallest absolute Gasteiger partial charge is 0.305 e. The number of hydrogen-bond acceptors (Lipinski definition) is 3. The maximum absolute atomic E-state index is 12.2. The Balaban J connectivity index is 2.66. The van der Waals surface area contributed by atoms with Gasteiger partial charge < -0.3 is 5.43 Å². The van der Waals surface area contributed by atoms with Crippen LogP contribution in [0.25, 0.3) is 0 Å². The summed E-state index contributed by atoms with van der Waals surface area (Å²) in [6.45, 7) is 5.76. The lowest BCUT2D eigenvalue weighted by molar-refractivity contribution is -0.137. The summed E-state index contributed by atoms with van der Waals surface area (Å²) in [5.74, 6) is 0.350. The third-order valence-electron chi connectivity index (χ3n) is 1.66. The maximum atomic E-state index is 12.2. The summed E-state index contributed by atoms with van der Waals surface area (Å²) in [6.07, 6.45) is -3.55. The highest BCUT2D eigenvalue weighted by atomic mass is 19.4. The second-order valence-electron chi connectivity index (χ2n) is 4.43. The van der Waals surface area contributed by atoms with Crippen LogP contribution in [0.4, 0.5) is 19.0 Å². The second-order valence-corrected chi connectivity index (χ2v) is 4.43. The van der Waals surface area contributed by atoms with Crippen LogP contribution in [0.5, 0.6) is 0 Å². The van der Waals surface area contributed by atoms with Gasteiger partial charge in [0.05, 0.1) is 5.56 Å². The maximum Gasteiger partial charge on any atom is 0.417 e. The topological polar surface area (TPSA) is 37.0 Å². The van der Waals surface area contributed by atoms with E-state index in [1.54, 1.807) is 0 Å². The molecule has 0 aromatic carbocycles. The van der Waals surface area contributed by atoms with Gasteiger partial charge in [-0.25, -0.2) is 10.4 Å². The Bertz CT molecular complexity index is 338. The summed E-state index contributed by atoms with van der Waals surface area (Å²) in [7, 11) is 0. The van der Waals surface area contributed by atoms with E-state index in [2.05, 4.69) is 15.8 Å². The van der Waals surface area contributed by atoms with Gasteiger partial charge in [0.25, 0.3) is 0 Å². The number of pyridine rings is 1. The third-order valence-corrected chi connectivity index (χ3v) is 1.66. The Kier molecular flexibility index (Phi) is 3.42. The van der Waals surface area contributed by atoms with Crippen molar-refractivity contribution in [3.63, 3.8) is 0 Å². The Labute approximate surface area is 92.0 Å². The van der Waals surface area contributed by atoms with E-state index in [0.717, 1.165) is 12.3 Å². The van der Waals surface area contributed by atoms with E-state index in [1.165, 1.54) is 6.07 Å². The molecule has 0 unspecified atom stereocenters. The fraction of sp³-hybridized carbons (Fsp3) is 0.500. The van der Waals surface area contributed by atoms with Crippen LogP contribution in [0.2, 0.25) is 0 Å². The van der Waals surface area contributed by atoms with E-state index in [4.69, 9.17) is 0 Å². The normalized spacial score (nSPS) is 12.6. The van der Waals surface area contributed by atoms with E-state index in [-0.39, 0.29) is 5.54 Å². The van der Waals surface area contributed by atoms with Gasteiger partial charge >= 0.3 is 6.18 Å². The van der Waals surface area contributed by atoms with Crippen LogP contribution in [0.15, 0.2) is 18.3 Å². The summed E-state index contributed by atoms with van der Waals surface area (Å²) >= 11 is 0. The molecule has 0 saturated carbocycles. The molecule has 90 valence electrons. The van der Waals surface area contributed by atoms with E-state index < -0.39 is 11.7 Å². The Morgan fingerprint density at radius 2 is 1.75 bits per heavy atom. The second kappa shape index (κ2) is 4.29. The van der Waals surface area contributed by atoms with Crippen LogP contribution in [-0.2, 0) is 6.18 Å². The summed E-state index contributed by atoms with van der Waals surface area (Å²) in [5.41, 5.74) is 4.69. The van der Waals surface area contributed by atoms with Crippen LogP contribution < -0.4 is 10.9 Å². The lowest BCUT2D eigenvalue weighted by Crippen LogP contribution is -2.40. The lowest BCUT2D eigenvalue weighted by Gasteiger charge is -2.21. The molecule has 1 heterocycles. The molecular weight excluding hydrogens is 219 g/mol. The zero-order chi connectivity index (χ0) is 12.4. The average Bonchev–Trinajstić information content (AvgIpc) is 2.13. The SMILES string of the molecule is CC(C)(C)NNc1ccc(C(F)(F)F)cn1. The first-order valence-electron chi connectivity index (χ1n) is 4.75. The molecule has 0 bridgehead atoms. The average molecular weight is 233 g/mol. The van der Waals surface area contributed by atoms with Gasteiger partial charge in [-0.3, -0.25) is 0 Å². The molecule has 0 atom stereocenters. The summed E-state index contributed by atoms with van der Waals surface area (Å²) in [5, 5.41) is 0. The first-order chi connectivity index (χ1) is 7.18. The highest BCUT2D eigenvalue weighted by molar-refractivity contribution is 5.35. The van der Waals surface area contributed by atoms with Gasteiger partial charge in [0.1, 0.15) is 5.82 Å². The molecule has 0 aliphatic rings. The van der Waals surface area contributed by atoms with Crippen molar-refractivity contribution in [2.45, 2.75) is 32.5 Å². The van der Waals surface area contributed by atoms with Crippen molar-refractivity contribution >= 4 is 5.82 Å². The highest BCUT2D eigenvalue weighted by Gasteiger charge is 2.30. The van der Waals surface area contributed by atoms with Crippen molar-refractivity contribution in [3.8, 4) is 0 Å². The van der Waals surface area contributed by atoms with Crippen LogP contribution in [0.1, 0.15) is 26.3 Å². The third kappa shape index (κ3) is 4.06. The predicted octanol–water partition coefficient (Wildman–Crippen LogP) is 2.82. The molecule has 0 saturated heterocycles. The molecule has 0 aliphatic carbocycles. The predicted molar refractivity (Wildman–Crippen MR) is 55.8 cm³/mol. The van der Waals surface area contributed by atoms with Crippen molar-refractivity contribution in [2.75, 3.05) is 5.43 Å². The number of halogens is 3. The zero-order valence-electron chi connectivity index (χ0n) is 9.31. The van der Waals surface area contributed by atoms with Crippen molar-refractivity contribution in [1.82, 2.24) is 10.4 Å². The first-order valence-corrected chi connectivity index (χ1v) is 4.75. The van der Waals surface area contributed by atoms with Gasteiger partial charge in [-0.2, -0.15) is 13.2 Å². The number of hydrazine groups is 1. The molecular formula is C10H14F3N3. The Hall–Kier alpha value is -1.30. The fourth-order valence-electron chi connectivity index (χ4n) is 0.887. The number of alkyl halides is 3. The minimum absolute atomic E-state index is 0.190. The standard InChI is InChI=1S/C10H14F3N3/c1-9(2,3)16-15-8-5-4-7(6-14-8)10(11,12)13/h4-6,16H,1-3H3,(H,14,15). The van der Waals surface area contributed by atoms with Crippen molar-refractivity contribution < 1.29 is 13.2 Å². The summed E-state index contributed by atoms with van der Waals surface area (Å²) in [4.78, 5) is 3.65. The highest BCUT2D eigenvalue weighted by Crippen LogP contribution is 2.28. The zero-order valence-corrected chi connectivity index (χ0v) is 9.31. The number of nitrogens with one attached hydrogen (secondary N) is 2. The number of anilines is 1. The molecule has 1 aromatic rings. The molecule has 0 spiro atoms.